The van der Waals surface area contributed by atoms with Crippen LogP contribution in [0.5, 0.6) is 0 Å². The first-order valence-electron chi connectivity index (χ1n) is 12.7. The summed E-state index contributed by atoms with van der Waals surface area (Å²) in [6.07, 6.45) is 13.1. The van der Waals surface area contributed by atoms with Gasteiger partial charge in [0.2, 0.25) is 0 Å². The number of nitrogens with zero attached hydrogens (tertiary/aromatic N) is 1. The third-order valence-electron chi connectivity index (χ3n) is 11.1. The van der Waals surface area contributed by atoms with Crippen molar-refractivity contribution in [2.24, 2.45) is 39.9 Å². The zero-order chi connectivity index (χ0) is 20.4. The van der Waals surface area contributed by atoms with E-state index >= 15 is 0 Å². The van der Waals surface area contributed by atoms with Crippen LogP contribution in [0.1, 0.15) is 91.4 Å². The number of rotatable bonds is 2. The number of aliphatic hydroxyl groups is 1. The molecule has 0 amide bonds. The predicted molar refractivity (Wildman–Crippen MR) is 117 cm³/mol. The van der Waals surface area contributed by atoms with Crippen molar-refractivity contribution in [3.05, 3.63) is 0 Å². The Morgan fingerprint density at radius 1 is 0.966 bits per heavy atom. The number of piperidine rings is 1. The fourth-order valence-corrected chi connectivity index (χ4v) is 9.16. The highest BCUT2D eigenvalue weighted by molar-refractivity contribution is 5.89. The topological polar surface area (TPSA) is 40.5 Å². The van der Waals surface area contributed by atoms with Gasteiger partial charge in [-0.1, -0.05) is 27.2 Å². The summed E-state index contributed by atoms with van der Waals surface area (Å²) in [7, 11) is 0. The molecule has 8 atom stereocenters. The molecule has 0 aromatic rings. The minimum absolute atomic E-state index is 0.0557. The molecule has 5 rings (SSSR count). The molecule has 0 aromatic carbocycles. The Labute approximate surface area is 178 Å². The van der Waals surface area contributed by atoms with E-state index in [1.807, 2.05) is 0 Å². The average Bonchev–Trinajstić information content (AvgIpc) is 2.95. The van der Waals surface area contributed by atoms with Crippen LogP contribution in [0.2, 0.25) is 0 Å². The summed E-state index contributed by atoms with van der Waals surface area (Å²) in [5.74, 6) is 3.00. The van der Waals surface area contributed by atoms with Crippen molar-refractivity contribution in [1.29, 1.82) is 0 Å². The van der Waals surface area contributed by atoms with Gasteiger partial charge in [0.15, 0.2) is 0 Å². The highest BCUT2D eigenvalue weighted by atomic mass is 16.3. The van der Waals surface area contributed by atoms with Crippen molar-refractivity contribution in [2.45, 2.75) is 97.5 Å². The molecule has 4 aliphatic carbocycles. The number of aliphatic hydroxyl groups excluding tert-OH is 1. The molecule has 4 saturated carbocycles. The normalized spacial score (nSPS) is 53.2. The minimum atomic E-state index is -0.0968. The van der Waals surface area contributed by atoms with Gasteiger partial charge in [0.05, 0.1) is 6.10 Å². The third-order valence-corrected chi connectivity index (χ3v) is 11.1. The first kappa shape index (κ1) is 20.5. The molecule has 0 aromatic heterocycles. The molecule has 5 aliphatic rings. The number of hydrogen-bond acceptors (Lipinski definition) is 3. The van der Waals surface area contributed by atoms with Crippen LogP contribution in [0, 0.1) is 39.9 Å². The Hall–Kier alpha value is -0.410. The van der Waals surface area contributed by atoms with Gasteiger partial charge in [0.1, 0.15) is 5.78 Å². The van der Waals surface area contributed by atoms with E-state index in [2.05, 4.69) is 25.7 Å². The Kier molecular flexibility index (Phi) is 4.98. The van der Waals surface area contributed by atoms with Crippen LogP contribution >= 0.6 is 0 Å². The Balaban J connectivity index is 1.37. The number of hydrogen-bond donors (Lipinski definition) is 1. The van der Waals surface area contributed by atoms with Crippen molar-refractivity contribution in [3.8, 4) is 0 Å². The second kappa shape index (κ2) is 7.05. The number of fused-ring (bicyclic) bond motifs is 5. The van der Waals surface area contributed by atoms with E-state index in [1.54, 1.807) is 0 Å². The van der Waals surface area contributed by atoms with Gasteiger partial charge in [-0.25, -0.2) is 0 Å². The van der Waals surface area contributed by atoms with Crippen molar-refractivity contribution in [1.82, 2.24) is 4.90 Å². The van der Waals surface area contributed by atoms with Gasteiger partial charge in [0, 0.05) is 17.9 Å². The van der Waals surface area contributed by atoms with Crippen LogP contribution in [-0.2, 0) is 4.79 Å². The van der Waals surface area contributed by atoms with Gasteiger partial charge in [-0.15, -0.1) is 0 Å². The molecule has 3 nitrogen and oxygen atoms in total. The predicted octanol–water partition coefficient (Wildman–Crippen LogP) is 5.06. The minimum Gasteiger partial charge on any atom is -0.393 e. The maximum absolute atomic E-state index is 13.6. The van der Waals surface area contributed by atoms with E-state index in [0.29, 0.717) is 17.1 Å². The SMILES string of the molecule is C[C@@]12CC[C@@H]3[C@H]4C[C@H](CN5CCCCC5)C(=O)[C@]4(C)CC[C@@H]3[C@]1(C)CC[C@H](O)C2. The lowest BCUT2D eigenvalue weighted by molar-refractivity contribution is -0.169. The molecule has 0 spiro atoms. The van der Waals surface area contributed by atoms with Gasteiger partial charge < -0.3 is 10.0 Å². The lowest BCUT2D eigenvalue weighted by atomic mass is 9.40. The van der Waals surface area contributed by atoms with Gasteiger partial charge in [-0.2, -0.15) is 0 Å². The van der Waals surface area contributed by atoms with Crippen molar-refractivity contribution in [2.75, 3.05) is 19.6 Å². The van der Waals surface area contributed by atoms with E-state index in [0.717, 1.165) is 44.1 Å². The number of ketones is 1. The second-order valence-electron chi connectivity index (χ2n) is 12.4. The monoisotopic (exact) mass is 401 g/mol. The van der Waals surface area contributed by atoms with Crippen LogP contribution < -0.4 is 0 Å². The molecule has 3 heteroatoms. The summed E-state index contributed by atoms with van der Waals surface area (Å²) >= 11 is 0. The van der Waals surface area contributed by atoms with Gasteiger partial charge in [-0.05, 0) is 106 Å². The van der Waals surface area contributed by atoms with Crippen LogP contribution in [0.3, 0.4) is 0 Å². The average molecular weight is 402 g/mol. The van der Waals surface area contributed by atoms with E-state index in [1.165, 1.54) is 58.0 Å². The summed E-state index contributed by atoms with van der Waals surface area (Å²) in [4.78, 5) is 16.2. The maximum Gasteiger partial charge on any atom is 0.143 e. The van der Waals surface area contributed by atoms with E-state index < -0.39 is 0 Å². The summed E-state index contributed by atoms with van der Waals surface area (Å²) in [5.41, 5.74) is 0.583. The Bertz CT molecular complexity index is 657. The maximum atomic E-state index is 13.6. The molecular weight excluding hydrogens is 358 g/mol. The van der Waals surface area contributed by atoms with Crippen LogP contribution in [0.25, 0.3) is 0 Å². The Morgan fingerprint density at radius 2 is 1.72 bits per heavy atom. The van der Waals surface area contributed by atoms with E-state index in [4.69, 9.17) is 0 Å². The van der Waals surface area contributed by atoms with Gasteiger partial charge >= 0.3 is 0 Å². The number of carbonyl (C=O) groups excluding carboxylic acids is 1. The summed E-state index contributed by atoms with van der Waals surface area (Å²) in [5, 5.41) is 10.4. The standard InChI is InChI=1S/C26H43NO2/c1-24-10-8-20-21(26(24,3)12-7-19(28)16-24)9-11-25(2)22(20)15-18(23(25)29)17-27-13-5-4-6-14-27/h18-22,28H,4-17H2,1-3H3/t18-,19+,20+,21+,22-,24+,25-,26+/m1/s1. The lowest BCUT2D eigenvalue weighted by Crippen LogP contribution is -2.58. The molecule has 29 heavy (non-hydrogen) atoms. The lowest BCUT2D eigenvalue weighted by Gasteiger charge is -2.64. The van der Waals surface area contributed by atoms with Crippen molar-refractivity contribution < 1.29 is 9.90 Å². The van der Waals surface area contributed by atoms with E-state index in [9.17, 15) is 9.90 Å². The summed E-state index contributed by atoms with van der Waals surface area (Å²) < 4.78 is 0. The fraction of sp³-hybridized carbons (Fsp3) is 0.962. The molecule has 0 unspecified atom stereocenters. The zero-order valence-electron chi connectivity index (χ0n) is 19.1. The molecular formula is C26H43NO2. The number of carbonyl (C=O) groups is 1. The molecule has 1 heterocycles. The van der Waals surface area contributed by atoms with Crippen molar-refractivity contribution >= 4 is 5.78 Å². The zero-order valence-corrected chi connectivity index (χ0v) is 19.1. The van der Waals surface area contributed by atoms with Gasteiger partial charge in [-0.3, -0.25) is 4.79 Å². The van der Waals surface area contributed by atoms with E-state index in [-0.39, 0.29) is 22.9 Å². The molecule has 0 radical (unpaired) electrons. The smallest absolute Gasteiger partial charge is 0.143 e. The summed E-state index contributed by atoms with van der Waals surface area (Å²) in [6.45, 7) is 10.8. The third kappa shape index (κ3) is 3.00. The quantitative estimate of drug-likeness (QED) is 0.703. The fourth-order valence-electron chi connectivity index (χ4n) is 9.16. The van der Waals surface area contributed by atoms with Crippen LogP contribution in [-0.4, -0.2) is 41.5 Å². The van der Waals surface area contributed by atoms with Gasteiger partial charge in [0.25, 0.3) is 0 Å². The van der Waals surface area contributed by atoms with Crippen LogP contribution in [0.4, 0.5) is 0 Å². The largest absolute Gasteiger partial charge is 0.393 e. The Morgan fingerprint density at radius 3 is 2.48 bits per heavy atom. The number of likely N-dealkylation sites (tertiary alicyclic amines) is 1. The molecule has 1 saturated heterocycles. The molecule has 0 bridgehead atoms. The first-order valence-corrected chi connectivity index (χ1v) is 12.7. The first-order chi connectivity index (χ1) is 13.8. The number of Topliss-reactive ketones (excluding diaryl/α,β-unsaturated/α-hetero) is 1. The molecule has 1 aliphatic heterocycles. The molecule has 1 N–H and O–H groups in total. The summed E-state index contributed by atoms with van der Waals surface area (Å²) in [6, 6.07) is 0. The van der Waals surface area contributed by atoms with Crippen molar-refractivity contribution in [3.63, 3.8) is 0 Å². The highest BCUT2D eigenvalue weighted by Crippen LogP contribution is 2.69. The van der Waals surface area contributed by atoms with Crippen LogP contribution in [0.15, 0.2) is 0 Å². The molecule has 5 fully saturated rings. The highest BCUT2D eigenvalue weighted by Gasteiger charge is 2.64. The molecule has 164 valence electrons. The second-order valence-corrected chi connectivity index (χ2v) is 12.4.